The van der Waals surface area contributed by atoms with E-state index < -0.39 is 0 Å². The van der Waals surface area contributed by atoms with Crippen molar-refractivity contribution in [2.75, 3.05) is 0 Å². The largest absolute Gasteiger partial charge is 0.444 e. The number of unbranched alkanes of at least 4 members (excludes halogenated alkanes) is 2. The molecule has 0 saturated carbocycles. The molecule has 0 aliphatic heterocycles. The Morgan fingerprint density at radius 1 is 1.17 bits per heavy atom. The molecule has 0 saturated heterocycles. The van der Waals surface area contributed by atoms with Crippen molar-refractivity contribution in [3.63, 3.8) is 0 Å². The molecule has 1 aromatic heterocycles. The molecule has 0 aliphatic carbocycles. The molecular weight excluding hydrogens is 290 g/mol. The molecule has 96 valence electrons. The van der Waals surface area contributed by atoms with Crippen LogP contribution in [0.5, 0.6) is 0 Å². The van der Waals surface area contributed by atoms with E-state index in [9.17, 15) is 0 Å². The van der Waals surface area contributed by atoms with Crippen LogP contribution >= 0.6 is 15.9 Å². The quantitative estimate of drug-likeness (QED) is 0.556. The van der Waals surface area contributed by atoms with Crippen LogP contribution in [0, 0.1) is 0 Å². The van der Waals surface area contributed by atoms with Crippen molar-refractivity contribution < 1.29 is 4.42 Å². The summed E-state index contributed by atoms with van der Waals surface area (Å²) in [7, 11) is 0. The van der Waals surface area contributed by atoms with Gasteiger partial charge in [0, 0.05) is 12.0 Å². The van der Waals surface area contributed by atoms with E-state index in [0.29, 0.717) is 5.33 Å². The van der Waals surface area contributed by atoms with Crippen molar-refractivity contribution in [1.29, 1.82) is 0 Å². The van der Waals surface area contributed by atoms with Crippen LogP contribution in [0.3, 0.4) is 0 Å². The standard InChI is InChI=1S/C15H18BrNO/c1-2-3-5-10-14-17-15(13(11-16)18-14)12-8-6-4-7-9-12/h4,6-9H,2-3,5,10-11H2,1H3. The predicted molar refractivity (Wildman–Crippen MR) is 77.8 cm³/mol. The highest BCUT2D eigenvalue weighted by Gasteiger charge is 2.13. The third-order valence-electron chi connectivity index (χ3n) is 2.90. The first-order chi connectivity index (χ1) is 8.85. The molecule has 2 aromatic rings. The normalized spacial score (nSPS) is 10.8. The zero-order valence-electron chi connectivity index (χ0n) is 10.7. The number of alkyl halides is 1. The number of hydrogen-bond donors (Lipinski definition) is 0. The Kier molecular flexibility index (Phi) is 5.00. The second-order valence-corrected chi connectivity index (χ2v) is 4.90. The molecular formula is C15H18BrNO. The topological polar surface area (TPSA) is 26.0 Å². The van der Waals surface area contributed by atoms with Crippen LogP contribution in [-0.2, 0) is 11.8 Å². The highest BCUT2D eigenvalue weighted by atomic mass is 79.9. The molecule has 1 heterocycles. The number of aryl methyl sites for hydroxylation is 1. The summed E-state index contributed by atoms with van der Waals surface area (Å²) in [5.74, 6) is 1.78. The number of nitrogens with zero attached hydrogens (tertiary/aromatic N) is 1. The first-order valence-corrected chi connectivity index (χ1v) is 7.57. The first kappa shape index (κ1) is 13.3. The summed E-state index contributed by atoms with van der Waals surface area (Å²) in [6.45, 7) is 2.20. The van der Waals surface area contributed by atoms with Gasteiger partial charge in [-0.1, -0.05) is 66.0 Å². The van der Waals surface area contributed by atoms with E-state index in [1.54, 1.807) is 0 Å². The summed E-state index contributed by atoms with van der Waals surface area (Å²) in [6, 6.07) is 10.2. The van der Waals surface area contributed by atoms with E-state index in [0.717, 1.165) is 35.7 Å². The smallest absolute Gasteiger partial charge is 0.195 e. The lowest BCUT2D eigenvalue weighted by atomic mass is 10.1. The third-order valence-corrected chi connectivity index (χ3v) is 3.41. The molecule has 0 aliphatic rings. The molecule has 0 bridgehead atoms. The number of oxazole rings is 1. The summed E-state index contributed by atoms with van der Waals surface area (Å²) in [5, 5.41) is 0.706. The van der Waals surface area contributed by atoms with Gasteiger partial charge in [0.15, 0.2) is 5.89 Å². The van der Waals surface area contributed by atoms with E-state index in [2.05, 4.69) is 40.0 Å². The van der Waals surface area contributed by atoms with Crippen LogP contribution in [-0.4, -0.2) is 4.98 Å². The summed E-state index contributed by atoms with van der Waals surface area (Å²) >= 11 is 3.47. The SMILES string of the molecule is CCCCCc1nc(-c2ccccc2)c(CBr)o1. The lowest BCUT2D eigenvalue weighted by molar-refractivity contribution is 0.460. The molecule has 0 spiro atoms. The fourth-order valence-corrected chi connectivity index (χ4v) is 2.33. The van der Waals surface area contributed by atoms with Crippen molar-refractivity contribution in [3.05, 3.63) is 42.0 Å². The van der Waals surface area contributed by atoms with Crippen molar-refractivity contribution in [3.8, 4) is 11.3 Å². The second kappa shape index (κ2) is 6.74. The fourth-order valence-electron chi connectivity index (χ4n) is 1.95. The van der Waals surface area contributed by atoms with E-state index in [4.69, 9.17) is 4.42 Å². The number of benzene rings is 1. The molecule has 18 heavy (non-hydrogen) atoms. The van der Waals surface area contributed by atoms with Gasteiger partial charge in [-0.05, 0) is 6.42 Å². The van der Waals surface area contributed by atoms with Gasteiger partial charge in [0.1, 0.15) is 11.5 Å². The molecule has 0 radical (unpaired) electrons. The second-order valence-electron chi connectivity index (χ2n) is 4.34. The van der Waals surface area contributed by atoms with Crippen LogP contribution in [0.25, 0.3) is 11.3 Å². The van der Waals surface area contributed by atoms with Gasteiger partial charge in [0.05, 0.1) is 5.33 Å². The highest BCUT2D eigenvalue weighted by Crippen LogP contribution is 2.26. The molecule has 0 fully saturated rings. The Hall–Kier alpha value is -1.09. The van der Waals surface area contributed by atoms with Gasteiger partial charge in [-0.3, -0.25) is 0 Å². The Balaban J connectivity index is 2.19. The summed E-state index contributed by atoms with van der Waals surface area (Å²) in [6.07, 6.45) is 4.53. The Morgan fingerprint density at radius 3 is 2.61 bits per heavy atom. The zero-order valence-corrected chi connectivity index (χ0v) is 12.2. The maximum atomic E-state index is 5.81. The van der Waals surface area contributed by atoms with E-state index in [1.807, 2.05) is 18.2 Å². The molecule has 0 atom stereocenters. The fraction of sp³-hybridized carbons (Fsp3) is 0.400. The summed E-state index contributed by atoms with van der Waals surface area (Å²) < 4.78 is 5.81. The summed E-state index contributed by atoms with van der Waals surface area (Å²) in [4.78, 5) is 4.63. The van der Waals surface area contributed by atoms with Crippen LogP contribution in [0.15, 0.2) is 34.7 Å². The predicted octanol–water partition coefficient (Wildman–Crippen LogP) is 4.97. The van der Waals surface area contributed by atoms with Gasteiger partial charge >= 0.3 is 0 Å². The van der Waals surface area contributed by atoms with Gasteiger partial charge in [0.2, 0.25) is 0 Å². The molecule has 0 N–H and O–H groups in total. The van der Waals surface area contributed by atoms with Gasteiger partial charge in [-0.25, -0.2) is 4.98 Å². The monoisotopic (exact) mass is 307 g/mol. The lowest BCUT2D eigenvalue weighted by Crippen LogP contribution is -1.86. The maximum absolute atomic E-state index is 5.81. The average molecular weight is 308 g/mol. The molecule has 2 nitrogen and oxygen atoms in total. The maximum Gasteiger partial charge on any atom is 0.195 e. The van der Waals surface area contributed by atoms with E-state index in [1.165, 1.54) is 12.8 Å². The van der Waals surface area contributed by atoms with Crippen molar-refractivity contribution in [2.45, 2.75) is 37.9 Å². The Labute approximate surface area is 117 Å². The van der Waals surface area contributed by atoms with Crippen LogP contribution in [0.2, 0.25) is 0 Å². The minimum Gasteiger partial charge on any atom is -0.444 e. The van der Waals surface area contributed by atoms with Crippen molar-refractivity contribution in [1.82, 2.24) is 4.98 Å². The number of halogens is 1. The van der Waals surface area contributed by atoms with Crippen molar-refractivity contribution >= 4 is 15.9 Å². The molecule has 0 unspecified atom stereocenters. The zero-order chi connectivity index (χ0) is 12.8. The van der Waals surface area contributed by atoms with Crippen LogP contribution in [0.1, 0.15) is 37.8 Å². The Morgan fingerprint density at radius 2 is 1.94 bits per heavy atom. The molecule has 0 amide bonds. The third kappa shape index (κ3) is 3.22. The van der Waals surface area contributed by atoms with Crippen molar-refractivity contribution in [2.24, 2.45) is 0 Å². The van der Waals surface area contributed by atoms with E-state index in [-0.39, 0.29) is 0 Å². The minimum absolute atomic E-state index is 0.706. The Bertz CT molecular complexity index is 478. The average Bonchev–Trinajstić information content (AvgIpc) is 2.83. The number of hydrogen-bond acceptors (Lipinski definition) is 2. The first-order valence-electron chi connectivity index (χ1n) is 6.45. The van der Waals surface area contributed by atoms with Crippen LogP contribution in [0.4, 0.5) is 0 Å². The molecule has 3 heteroatoms. The van der Waals surface area contributed by atoms with Gasteiger partial charge in [-0.15, -0.1) is 0 Å². The highest BCUT2D eigenvalue weighted by molar-refractivity contribution is 9.08. The molecule has 1 aromatic carbocycles. The summed E-state index contributed by atoms with van der Waals surface area (Å²) in [5.41, 5.74) is 2.09. The van der Waals surface area contributed by atoms with Gasteiger partial charge < -0.3 is 4.42 Å². The van der Waals surface area contributed by atoms with Gasteiger partial charge in [0.25, 0.3) is 0 Å². The van der Waals surface area contributed by atoms with Crippen LogP contribution < -0.4 is 0 Å². The molecule has 2 rings (SSSR count). The van der Waals surface area contributed by atoms with E-state index >= 15 is 0 Å². The number of rotatable bonds is 6. The lowest BCUT2D eigenvalue weighted by Gasteiger charge is -1.96. The number of aromatic nitrogens is 1. The van der Waals surface area contributed by atoms with Gasteiger partial charge in [-0.2, -0.15) is 0 Å². The minimum atomic E-state index is 0.706.